The Morgan fingerprint density at radius 1 is 1.08 bits per heavy atom. The Morgan fingerprint density at radius 3 is 2.50 bits per heavy atom. The number of hydrogen-bond acceptors (Lipinski definition) is 4. The number of nitrogens with two attached hydrogens (primary N) is 1. The Balaban J connectivity index is 2.12. The molecule has 0 aliphatic heterocycles. The molecule has 4 N–H and O–H groups in total. The lowest BCUT2D eigenvalue weighted by Crippen LogP contribution is -2.15. The molecule has 24 heavy (non-hydrogen) atoms. The number of methoxy groups -OCH3 is 1. The molecule has 0 aromatic heterocycles. The zero-order valence-electron chi connectivity index (χ0n) is 13.5. The first-order valence-electron chi connectivity index (χ1n) is 7.68. The molecule has 6 heteroatoms. The van der Waals surface area contributed by atoms with Gasteiger partial charge in [0.25, 0.3) is 5.91 Å². The average Bonchev–Trinajstić information content (AvgIpc) is 2.61. The lowest BCUT2D eigenvalue weighted by atomic mass is 10.2. The molecule has 0 bridgehead atoms. The van der Waals surface area contributed by atoms with Crippen molar-refractivity contribution in [2.75, 3.05) is 24.3 Å². The summed E-state index contributed by atoms with van der Waals surface area (Å²) in [7, 11) is 1.52. The number of carbonyl (C=O) groups is 2. The fourth-order valence-corrected chi connectivity index (χ4v) is 2.15. The van der Waals surface area contributed by atoms with Crippen molar-refractivity contribution in [2.45, 2.75) is 12.8 Å². The van der Waals surface area contributed by atoms with Gasteiger partial charge in [-0.25, -0.2) is 0 Å². The Kier molecular flexibility index (Phi) is 6.33. The van der Waals surface area contributed by atoms with Gasteiger partial charge in [0, 0.05) is 17.7 Å². The van der Waals surface area contributed by atoms with Crippen LogP contribution < -0.4 is 21.1 Å². The van der Waals surface area contributed by atoms with Crippen molar-refractivity contribution in [1.82, 2.24) is 0 Å². The van der Waals surface area contributed by atoms with Crippen LogP contribution in [0.4, 0.5) is 11.4 Å². The highest BCUT2D eigenvalue weighted by molar-refractivity contribution is 6.04. The predicted molar refractivity (Wildman–Crippen MR) is 94.3 cm³/mol. The fraction of sp³-hybridized carbons (Fsp3) is 0.222. The van der Waals surface area contributed by atoms with Gasteiger partial charge in [0.05, 0.1) is 12.8 Å². The molecule has 0 radical (unpaired) electrons. The van der Waals surface area contributed by atoms with E-state index in [2.05, 4.69) is 10.6 Å². The van der Waals surface area contributed by atoms with Crippen LogP contribution in [-0.2, 0) is 4.79 Å². The summed E-state index contributed by atoms with van der Waals surface area (Å²) in [6, 6.07) is 14.0. The summed E-state index contributed by atoms with van der Waals surface area (Å²) in [5.74, 6) is 0.153. The molecule has 2 aromatic rings. The maximum Gasteiger partial charge on any atom is 0.255 e. The molecule has 0 aliphatic carbocycles. The number of hydrogen-bond donors (Lipinski definition) is 3. The summed E-state index contributed by atoms with van der Waals surface area (Å²) in [6.07, 6.45) is 0.943. The molecule has 0 saturated heterocycles. The van der Waals surface area contributed by atoms with E-state index in [1.807, 2.05) is 6.07 Å². The van der Waals surface area contributed by atoms with Crippen LogP contribution >= 0.6 is 0 Å². The summed E-state index contributed by atoms with van der Waals surface area (Å²) in [4.78, 5) is 24.1. The topological polar surface area (TPSA) is 93.5 Å². The quantitative estimate of drug-likeness (QED) is 0.729. The molecule has 6 nitrogen and oxygen atoms in total. The van der Waals surface area contributed by atoms with Crippen LogP contribution in [0.15, 0.2) is 48.5 Å². The summed E-state index contributed by atoms with van der Waals surface area (Å²) in [5.41, 5.74) is 7.04. The minimum absolute atomic E-state index is 0.148. The zero-order valence-corrected chi connectivity index (χ0v) is 13.5. The number of anilines is 2. The molecule has 2 amide bonds. The Bertz CT molecular complexity index is 702. The van der Waals surface area contributed by atoms with Gasteiger partial charge in [0.15, 0.2) is 0 Å². The van der Waals surface area contributed by atoms with E-state index in [1.165, 1.54) is 7.11 Å². The highest BCUT2D eigenvalue weighted by Gasteiger charge is 2.11. The third-order valence-corrected chi connectivity index (χ3v) is 3.38. The van der Waals surface area contributed by atoms with E-state index in [1.54, 1.807) is 42.5 Å². The third-order valence-electron chi connectivity index (χ3n) is 3.38. The number of benzene rings is 2. The first kappa shape index (κ1) is 17.5. The number of carbonyl (C=O) groups excluding carboxylic acids is 2. The SMILES string of the molecule is COc1ccc(NC(=O)c2ccccc2)cc1NC(=O)CCCN. The molecular formula is C18H21N3O3. The van der Waals surface area contributed by atoms with Crippen molar-refractivity contribution in [3.63, 3.8) is 0 Å². The first-order valence-corrected chi connectivity index (χ1v) is 7.68. The lowest BCUT2D eigenvalue weighted by molar-refractivity contribution is -0.116. The highest BCUT2D eigenvalue weighted by atomic mass is 16.5. The van der Waals surface area contributed by atoms with E-state index in [4.69, 9.17) is 10.5 Å². The number of nitrogens with one attached hydrogen (secondary N) is 2. The lowest BCUT2D eigenvalue weighted by Gasteiger charge is -2.13. The van der Waals surface area contributed by atoms with Gasteiger partial charge in [-0.2, -0.15) is 0 Å². The maximum absolute atomic E-state index is 12.2. The molecule has 0 saturated carbocycles. The highest BCUT2D eigenvalue weighted by Crippen LogP contribution is 2.28. The first-order chi connectivity index (χ1) is 11.6. The van der Waals surface area contributed by atoms with Crippen molar-refractivity contribution < 1.29 is 14.3 Å². The zero-order chi connectivity index (χ0) is 17.4. The van der Waals surface area contributed by atoms with Crippen LogP contribution in [0.2, 0.25) is 0 Å². The van der Waals surface area contributed by atoms with Gasteiger partial charge < -0.3 is 21.1 Å². The Hall–Kier alpha value is -2.86. The molecule has 126 valence electrons. The van der Waals surface area contributed by atoms with Crippen molar-refractivity contribution in [3.8, 4) is 5.75 Å². The van der Waals surface area contributed by atoms with Gasteiger partial charge in [0.1, 0.15) is 5.75 Å². The molecule has 0 unspecified atom stereocenters. The second-order valence-electron chi connectivity index (χ2n) is 5.18. The monoisotopic (exact) mass is 327 g/mol. The van der Waals surface area contributed by atoms with Gasteiger partial charge >= 0.3 is 0 Å². The van der Waals surface area contributed by atoms with E-state index in [0.717, 1.165) is 0 Å². The summed E-state index contributed by atoms with van der Waals surface area (Å²) in [6.45, 7) is 0.456. The molecule has 2 aromatic carbocycles. The van der Waals surface area contributed by atoms with Gasteiger partial charge in [-0.3, -0.25) is 9.59 Å². The predicted octanol–water partition coefficient (Wildman–Crippen LogP) is 2.62. The Labute approximate surface area is 141 Å². The summed E-state index contributed by atoms with van der Waals surface area (Å²) in [5, 5.41) is 5.58. The molecule has 0 heterocycles. The molecular weight excluding hydrogens is 306 g/mol. The van der Waals surface area contributed by atoms with E-state index in [0.29, 0.717) is 42.1 Å². The van der Waals surface area contributed by atoms with Crippen LogP contribution in [0.1, 0.15) is 23.2 Å². The largest absolute Gasteiger partial charge is 0.495 e. The van der Waals surface area contributed by atoms with E-state index in [-0.39, 0.29) is 11.8 Å². The van der Waals surface area contributed by atoms with Crippen LogP contribution in [0.3, 0.4) is 0 Å². The van der Waals surface area contributed by atoms with Gasteiger partial charge in [-0.15, -0.1) is 0 Å². The van der Waals surface area contributed by atoms with Crippen LogP contribution in [-0.4, -0.2) is 25.5 Å². The van der Waals surface area contributed by atoms with E-state index in [9.17, 15) is 9.59 Å². The average molecular weight is 327 g/mol. The van der Waals surface area contributed by atoms with Crippen molar-refractivity contribution in [3.05, 3.63) is 54.1 Å². The normalized spacial score (nSPS) is 10.1. The minimum Gasteiger partial charge on any atom is -0.495 e. The van der Waals surface area contributed by atoms with E-state index < -0.39 is 0 Å². The summed E-state index contributed by atoms with van der Waals surface area (Å²) >= 11 is 0. The van der Waals surface area contributed by atoms with Gasteiger partial charge in [-0.05, 0) is 43.3 Å². The molecule has 2 rings (SSSR count). The third kappa shape index (κ3) is 4.82. The van der Waals surface area contributed by atoms with E-state index >= 15 is 0 Å². The standard InChI is InChI=1S/C18H21N3O3/c1-24-16-10-9-14(12-15(16)21-17(22)8-5-11-19)20-18(23)13-6-3-2-4-7-13/h2-4,6-7,9-10,12H,5,8,11,19H2,1H3,(H,20,23)(H,21,22). The molecule has 0 atom stereocenters. The van der Waals surface area contributed by atoms with Gasteiger partial charge in [0.2, 0.25) is 5.91 Å². The number of rotatable bonds is 7. The molecule has 0 spiro atoms. The van der Waals surface area contributed by atoms with Gasteiger partial charge in [-0.1, -0.05) is 18.2 Å². The second kappa shape index (κ2) is 8.69. The fourth-order valence-electron chi connectivity index (χ4n) is 2.15. The van der Waals surface area contributed by atoms with Crippen LogP contribution in [0.25, 0.3) is 0 Å². The van der Waals surface area contributed by atoms with Crippen molar-refractivity contribution in [1.29, 1.82) is 0 Å². The van der Waals surface area contributed by atoms with Crippen LogP contribution in [0.5, 0.6) is 5.75 Å². The van der Waals surface area contributed by atoms with Crippen molar-refractivity contribution >= 4 is 23.2 Å². The Morgan fingerprint density at radius 2 is 1.83 bits per heavy atom. The smallest absolute Gasteiger partial charge is 0.255 e. The number of ether oxygens (including phenoxy) is 1. The maximum atomic E-state index is 12.2. The molecule has 0 fully saturated rings. The number of amides is 2. The van der Waals surface area contributed by atoms with Crippen molar-refractivity contribution in [2.24, 2.45) is 5.73 Å². The van der Waals surface area contributed by atoms with Crippen LogP contribution in [0, 0.1) is 0 Å². The molecule has 0 aliphatic rings. The minimum atomic E-state index is -0.221. The summed E-state index contributed by atoms with van der Waals surface area (Å²) < 4.78 is 5.24. The second-order valence-corrected chi connectivity index (χ2v) is 5.18.